The molecule has 0 aliphatic rings. The third-order valence-electron chi connectivity index (χ3n) is 12.0. The van der Waals surface area contributed by atoms with Gasteiger partial charge in [-0.3, -0.25) is 4.79 Å². The molecule has 0 bridgehead atoms. The van der Waals surface area contributed by atoms with Crippen LogP contribution in [-0.2, 0) is 4.79 Å². The highest BCUT2D eigenvalue weighted by atomic mass is 16.3. The largest absolute Gasteiger partial charge is 0.394 e. The average molecular weight is 901 g/mol. The number of carbonyl (C=O) groups excluding carboxylic acids is 1. The molecule has 0 fully saturated rings. The molecule has 0 heterocycles. The molecule has 0 aromatic heterocycles. The van der Waals surface area contributed by atoms with Crippen molar-refractivity contribution in [1.82, 2.24) is 5.32 Å². The van der Waals surface area contributed by atoms with Gasteiger partial charge in [0.05, 0.1) is 18.8 Å². The molecule has 2 unspecified atom stereocenters. The van der Waals surface area contributed by atoms with E-state index in [0.29, 0.717) is 6.42 Å². The Balaban J connectivity index is 3.65. The van der Waals surface area contributed by atoms with E-state index in [0.717, 1.165) is 83.5 Å². The van der Waals surface area contributed by atoms with Crippen molar-refractivity contribution in [2.24, 2.45) is 0 Å². The van der Waals surface area contributed by atoms with Gasteiger partial charge in [0.1, 0.15) is 0 Å². The number of hydrogen-bond donors (Lipinski definition) is 3. The number of carbonyl (C=O) groups is 1. The number of amides is 1. The molecule has 0 saturated heterocycles. The predicted molar refractivity (Wildman–Crippen MR) is 289 cm³/mol. The number of nitrogens with one attached hydrogen (secondary N) is 1. The van der Waals surface area contributed by atoms with Gasteiger partial charge in [-0.25, -0.2) is 0 Å². The molecule has 4 nitrogen and oxygen atoms in total. The van der Waals surface area contributed by atoms with Crippen molar-refractivity contribution < 1.29 is 15.0 Å². The van der Waals surface area contributed by atoms with Gasteiger partial charge >= 0.3 is 0 Å². The SMILES string of the molecule is CC/C=C\C/C=C\C/C=C\C/C=C\C/C=C\C/C=C\C/C=C\C/C=C\CCCCC(=O)NC(CO)C(O)/C=C/CCCCCCCCCCCCCCCCCCCCCCCCCC. The number of aliphatic hydroxyl groups is 2. The molecule has 0 aromatic carbocycles. The van der Waals surface area contributed by atoms with Gasteiger partial charge in [-0.2, -0.15) is 0 Å². The monoisotopic (exact) mass is 900 g/mol. The topological polar surface area (TPSA) is 69.6 Å². The summed E-state index contributed by atoms with van der Waals surface area (Å²) < 4.78 is 0. The van der Waals surface area contributed by atoms with Gasteiger partial charge in [0.2, 0.25) is 5.91 Å². The van der Waals surface area contributed by atoms with Crippen molar-refractivity contribution in [1.29, 1.82) is 0 Å². The molecule has 372 valence electrons. The van der Waals surface area contributed by atoms with Gasteiger partial charge in [-0.15, -0.1) is 0 Å². The fraction of sp³-hybridized carbons (Fsp3) is 0.689. The van der Waals surface area contributed by atoms with Gasteiger partial charge < -0.3 is 15.5 Å². The summed E-state index contributed by atoms with van der Waals surface area (Å²) in [5.74, 6) is -0.108. The van der Waals surface area contributed by atoms with E-state index in [4.69, 9.17) is 0 Å². The standard InChI is InChI=1S/C61H105NO3/c1-3-5-7-9-11-13-15-17-19-21-23-25-27-29-31-33-35-37-39-41-43-45-47-49-51-53-55-57-61(65)62-59(58-63)60(64)56-54-52-50-48-46-44-42-40-38-36-34-32-30-28-26-24-22-20-18-16-14-12-10-8-6-4-2/h5,7,11,13,17,19,23,25,29,31,35,37,41,43,47,49,54,56,59-60,63-64H,3-4,6,8-10,12,14-16,18,20-22,24,26-28,30,32-34,36,38-40,42,44-46,48,50-53,55,57-58H2,1-2H3,(H,62,65)/b7-5-,13-11-,19-17-,25-23-,31-29-,37-35-,43-41-,49-47-,56-54+. The Hall–Kier alpha value is -2.95. The molecule has 2 atom stereocenters. The maximum Gasteiger partial charge on any atom is 0.220 e. The lowest BCUT2D eigenvalue weighted by Gasteiger charge is -2.19. The van der Waals surface area contributed by atoms with E-state index >= 15 is 0 Å². The molecule has 0 rings (SSSR count). The van der Waals surface area contributed by atoms with E-state index in [9.17, 15) is 15.0 Å². The maximum absolute atomic E-state index is 12.5. The lowest BCUT2D eigenvalue weighted by molar-refractivity contribution is -0.123. The second-order valence-electron chi connectivity index (χ2n) is 18.3. The van der Waals surface area contributed by atoms with E-state index in [2.05, 4.69) is 116 Å². The molecule has 65 heavy (non-hydrogen) atoms. The molecule has 0 aromatic rings. The molecule has 0 radical (unpaired) electrons. The average Bonchev–Trinajstić information content (AvgIpc) is 3.31. The number of rotatable bonds is 49. The summed E-state index contributed by atoms with van der Waals surface area (Å²) in [6, 6.07) is -0.655. The zero-order valence-electron chi connectivity index (χ0n) is 42.7. The molecule has 3 N–H and O–H groups in total. The summed E-state index contributed by atoms with van der Waals surface area (Å²) in [5, 5.41) is 23.1. The maximum atomic E-state index is 12.5. The number of aliphatic hydroxyl groups excluding tert-OH is 2. The first-order valence-corrected chi connectivity index (χ1v) is 27.6. The Morgan fingerprint density at radius 2 is 0.677 bits per heavy atom. The van der Waals surface area contributed by atoms with Crippen molar-refractivity contribution in [3.8, 4) is 0 Å². The Kier molecular flexibility index (Phi) is 52.9. The molecular formula is C61H105NO3. The third kappa shape index (κ3) is 51.9. The van der Waals surface area contributed by atoms with Crippen molar-refractivity contribution >= 4 is 5.91 Å². The summed E-state index contributed by atoms with van der Waals surface area (Å²) in [5.41, 5.74) is 0. The minimum absolute atomic E-state index is 0.108. The first kappa shape index (κ1) is 62.1. The summed E-state index contributed by atoms with van der Waals surface area (Å²) in [4.78, 5) is 12.5. The zero-order chi connectivity index (χ0) is 47.0. The number of allylic oxidation sites excluding steroid dienone is 17. The summed E-state index contributed by atoms with van der Waals surface area (Å²) in [6.45, 7) is 4.19. The van der Waals surface area contributed by atoms with Gasteiger partial charge in [0.25, 0.3) is 0 Å². The first-order valence-electron chi connectivity index (χ1n) is 27.6. The molecule has 0 saturated carbocycles. The van der Waals surface area contributed by atoms with Gasteiger partial charge in [0.15, 0.2) is 0 Å². The third-order valence-corrected chi connectivity index (χ3v) is 12.0. The Morgan fingerprint density at radius 3 is 1.02 bits per heavy atom. The quantitative estimate of drug-likeness (QED) is 0.0421. The van der Waals surface area contributed by atoms with E-state index in [1.54, 1.807) is 6.08 Å². The van der Waals surface area contributed by atoms with Crippen LogP contribution in [0.3, 0.4) is 0 Å². The van der Waals surface area contributed by atoms with Gasteiger partial charge in [-0.1, -0.05) is 271 Å². The van der Waals surface area contributed by atoms with Crippen LogP contribution in [0.5, 0.6) is 0 Å². The highest BCUT2D eigenvalue weighted by Crippen LogP contribution is 2.16. The first-order chi connectivity index (χ1) is 32.2. The normalized spacial score (nSPS) is 13.7. The van der Waals surface area contributed by atoms with Crippen LogP contribution in [0.1, 0.15) is 251 Å². The van der Waals surface area contributed by atoms with E-state index < -0.39 is 12.1 Å². The predicted octanol–water partition coefficient (Wildman–Crippen LogP) is 18.3. The van der Waals surface area contributed by atoms with Crippen LogP contribution in [0.25, 0.3) is 0 Å². The lowest BCUT2D eigenvalue weighted by atomic mass is 10.0. The Labute approximate surface area is 404 Å². The Morgan fingerprint density at radius 1 is 0.385 bits per heavy atom. The second kappa shape index (κ2) is 55.4. The Bertz CT molecular complexity index is 1250. The smallest absolute Gasteiger partial charge is 0.220 e. The molecule has 4 heteroatoms. The van der Waals surface area contributed by atoms with Gasteiger partial charge in [-0.05, 0) is 83.5 Å². The zero-order valence-corrected chi connectivity index (χ0v) is 42.7. The summed E-state index contributed by atoms with van der Waals surface area (Å²) in [6.07, 6.45) is 83.8. The number of hydrogen-bond acceptors (Lipinski definition) is 3. The van der Waals surface area contributed by atoms with Crippen LogP contribution < -0.4 is 5.32 Å². The van der Waals surface area contributed by atoms with Crippen molar-refractivity contribution in [2.75, 3.05) is 6.61 Å². The minimum Gasteiger partial charge on any atom is -0.394 e. The van der Waals surface area contributed by atoms with Crippen LogP contribution in [0.4, 0.5) is 0 Å². The van der Waals surface area contributed by atoms with E-state index in [1.807, 2.05) is 6.08 Å². The van der Waals surface area contributed by atoms with E-state index in [1.165, 1.54) is 148 Å². The van der Waals surface area contributed by atoms with Crippen LogP contribution in [0.15, 0.2) is 109 Å². The molecular weight excluding hydrogens is 795 g/mol. The fourth-order valence-electron chi connectivity index (χ4n) is 7.84. The van der Waals surface area contributed by atoms with Crippen LogP contribution in [0, 0.1) is 0 Å². The van der Waals surface area contributed by atoms with Crippen LogP contribution in [0.2, 0.25) is 0 Å². The van der Waals surface area contributed by atoms with Crippen LogP contribution >= 0.6 is 0 Å². The van der Waals surface area contributed by atoms with E-state index in [-0.39, 0.29) is 12.5 Å². The molecule has 0 aliphatic carbocycles. The minimum atomic E-state index is -0.867. The lowest BCUT2D eigenvalue weighted by Crippen LogP contribution is -2.45. The van der Waals surface area contributed by atoms with Gasteiger partial charge in [0, 0.05) is 6.42 Å². The molecule has 1 amide bonds. The molecule has 0 aliphatic heterocycles. The second-order valence-corrected chi connectivity index (χ2v) is 18.3. The molecule has 0 spiro atoms. The highest BCUT2D eigenvalue weighted by molar-refractivity contribution is 5.76. The fourth-order valence-corrected chi connectivity index (χ4v) is 7.84. The van der Waals surface area contributed by atoms with Crippen LogP contribution in [-0.4, -0.2) is 34.9 Å². The summed E-state index contributed by atoms with van der Waals surface area (Å²) >= 11 is 0. The summed E-state index contributed by atoms with van der Waals surface area (Å²) in [7, 11) is 0. The van der Waals surface area contributed by atoms with Crippen molar-refractivity contribution in [3.05, 3.63) is 109 Å². The van der Waals surface area contributed by atoms with Crippen molar-refractivity contribution in [3.63, 3.8) is 0 Å². The highest BCUT2D eigenvalue weighted by Gasteiger charge is 2.17. The van der Waals surface area contributed by atoms with Crippen molar-refractivity contribution in [2.45, 2.75) is 264 Å². The number of unbranched alkanes of at least 4 members (excludes halogenated alkanes) is 26.